The van der Waals surface area contributed by atoms with Crippen LogP contribution in [0.15, 0.2) is 0 Å². The van der Waals surface area contributed by atoms with Crippen molar-refractivity contribution in [3.8, 4) is 0 Å². The predicted octanol–water partition coefficient (Wildman–Crippen LogP) is -0.0493. The molecule has 0 radical (unpaired) electrons. The molecule has 0 spiro atoms. The Hall–Kier alpha value is -1.10. The summed E-state index contributed by atoms with van der Waals surface area (Å²) in [6.07, 6.45) is 1.21. The summed E-state index contributed by atoms with van der Waals surface area (Å²) in [6, 6.07) is -0.812. The fraction of sp³-hybridized carbons (Fsp3) is 0.778. The summed E-state index contributed by atoms with van der Waals surface area (Å²) in [5.74, 6) is -1.01. The van der Waals surface area contributed by atoms with Crippen molar-refractivity contribution in [2.75, 3.05) is 6.54 Å². The van der Waals surface area contributed by atoms with Gasteiger partial charge in [0.15, 0.2) is 0 Å². The van der Waals surface area contributed by atoms with Gasteiger partial charge >= 0.3 is 5.97 Å². The molecule has 14 heavy (non-hydrogen) atoms. The maximum Gasteiger partial charge on any atom is 0.326 e. The lowest BCUT2D eigenvalue weighted by atomic mass is 10.0. The van der Waals surface area contributed by atoms with E-state index in [0.717, 1.165) is 6.42 Å². The van der Waals surface area contributed by atoms with Gasteiger partial charge in [0.25, 0.3) is 0 Å². The lowest BCUT2D eigenvalue weighted by Crippen LogP contribution is -2.43. The van der Waals surface area contributed by atoms with Crippen LogP contribution < -0.4 is 11.1 Å². The van der Waals surface area contributed by atoms with Crippen molar-refractivity contribution in [3.05, 3.63) is 0 Å². The highest BCUT2D eigenvalue weighted by molar-refractivity contribution is 5.84. The highest BCUT2D eigenvalue weighted by atomic mass is 16.4. The zero-order valence-electron chi connectivity index (χ0n) is 8.62. The number of nitrogens with one attached hydrogen (secondary N) is 1. The molecule has 0 aromatic carbocycles. The predicted molar refractivity (Wildman–Crippen MR) is 52.7 cm³/mol. The van der Waals surface area contributed by atoms with E-state index in [1.165, 1.54) is 0 Å². The summed E-state index contributed by atoms with van der Waals surface area (Å²) in [5.41, 5.74) is 5.07. The number of hydrogen-bond acceptors (Lipinski definition) is 3. The number of aliphatic carboxylic acids is 1. The smallest absolute Gasteiger partial charge is 0.326 e. The van der Waals surface area contributed by atoms with Crippen LogP contribution in [0.1, 0.15) is 26.7 Å². The number of carbonyl (C=O) groups is 2. The number of hydrogen-bond donors (Lipinski definition) is 3. The van der Waals surface area contributed by atoms with Gasteiger partial charge in [-0.1, -0.05) is 13.8 Å². The van der Waals surface area contributed by atoms with Crippen molar-refractivity contribution in [2.24, 2.45) is 11.7 Å². The number of rotatable bonds is 6. The van der Waals surface area contributed by atoms with E-state index in [1.807, 2.05) is 13.8 Å². The first-order chi connectivity index (χ1) is 6.47. The molecule has 0 saturated heterocycles. The minimum atomic E-state index is -1.01. The van der Waals surface area contributed by atoms with E-state index >= 15 is 0 Å². The Labute approximate surface area is 83.7 Å². The molecule has 0 aromatic rings. The van der Waals surface area contributed by atoms with E-state index < -0.39 is 17.9 Å². The maximum atomic E-state index is 10.9. The lowest BCUT2D eigenvalue weighted by molar-refractivity contribution is -0.141. The normalized spacial score (nSPS) is 12.6. The van der Waals surface area contributed by atoms with Gasteiger partial charge in [0.1, 0.15) is 6.04 Å². The topological polar surface area (TPSA) is 92.4 Å². The molecule has 0 bridgehead atoms. The van der Waals surface area contributed by atoms with Crippen LogP contribution in [0.25, 0.3) is 0 Å². The number of carboxylic acid groups (broad SMARTS) is 1. The molecule has 5 nitrogen and oxygen atoms in total. The molecular weight excluding hydrogens is 184 g/mol. The van der Waals surface area contributed by atoms with E-state index in [2.05, 4.69) is 5.32 Å². The van der Waals surface area contributed by atoms with Gasteiger partial charge in [0, 0.05) is 0 Å². The molecule has 0 aliphatic heterocycles. The third kappa shape index (κ3) is 5.53. The van der Waals surface area contributed by atoms with Crippen LogP contribution in [-0.4, -0.2) is 29.6 Å². The van der Waals surface area contributed by atoms with Gasteiger partial charge in [-0.15, -0.1) is 0 Å². The highest BCUT2D eigenvalue weighted by Gasteiger charge is 2.18. The van der Waals surface area contributed by atoms with Crippen molar-refractivity contribution in [2.45, 2.75) is 32.7 Å². The number of carbonyl (C=O) groups excluding carboxylic acids is 1. The number of amides is 1. The summed E-state index contributed by atoms with van der Waals surface area (Å²) in [7, 11) is 0. The molecule has 1 atom stereocenters. The second-order valence-electron chi connectivity index (χ2n) is 3.63. The first-order valence-electron chi connectivity index (χ1n) is 4.69. The second kappa shape index (κ2) is 6.37. The van der Waals surface area contributed by atoms with Crippen LogP contribution in [0.2, 0.25) is 0 Å². The largest absolute Gasteiger partial charge is 0.480 e. The van der Waals surface area contributed by atoms with E-state index in [1.54, 1.807) is 0 Å². The van der Waals surface area contributed by atoms with Gasteiger partial charge < -0.3 is 16.2 Å². The van der Waals surface area contributed by atoms with Crippen LogP contribution in [0.5, 0.6) is 0 Å². The molecule has 0 fully saturated rings. The standard InChI is InChI=1S/C9H18N2O3/c1-6(2)3-4-7(9(13)14)11-8(12)5-10/h6-7H,3-5,10H2,1-2H3,(H,11,12)(H,13,14). The molecular formula is C9H18N2O3. The van der Waals surface area contributed by atoms with Crippen LogP contribution in [-0.2, 0) is 9.59 Å². The maximum absolute atomic E-state index is 10.9. The fourth-order valence-electron chi connectivity index (χ4n) is 1.01. The molecule has 0 saturated carbocycles. The molecule has 0 aliphatic rings. The van der Waals surface area contributed by atoms with Gasteiger partial charge in [-0.05, 0) is 18.8 Å². The Balaban J connectivity index is 4.03. The first kappa shape index (κ1) is 12.9. The summed E-state index contributed by atoms with van der Waals surface area (Å²) in [6.45, 7) is 3.83. The Bertz CT molecular complexity index is 204. The van der Waals surface area contributed by atoms with Gasteiger partial charge in [-0.3, -0.25) is 4.79 Å². The van der Waals surface area contributed by atoms with Crippen LogP contribution in [0.4, 0.5) is 0 Å². The fourth-order valence-corrected chi connectivity index (χ4v) is 1.01. The van der Waals surface area contributed by atoms with Gasteiger partial charge in [0.2, 0.25) is 5.91 Å². The molecule has 5 heteroatoms. The second-order valence-corrected chi connectivity index (χ2v) is 3.63. The summed E-state index contributed by atoms with van der Waals surface area (Å²) < 4.78 is 0. The lowest BCUT2D eigenvalue weighted by Gasteiger charge is -2.14. The zero-order chi connectivity index (χ0) is 11.1. The first-order valence-corrected chi connectivity index (χ1v) is 4.69. The van der Waals surface area contributed by atoms with Crippen molar-refractivity contribution in [1.82, 2.24) is 5.32 Å². The van der Waals surface area contributed by atoms with Crippen molar-refractivity contribution < 1.29 is 14.7 Å². The Morgan fingerprint density at radius 3 is 2.29 bits per heavy atom. The van der Waals surface area contributed by atoms with Crippen LogP contribution >= 0.6 is 0 Å². The molecule has 82 valence electrons. The minimum Gasteiger partial charge on any atom is -0.480 e. The zero-order valence-corrected chi connectivity index (χ0v) is 8.62. The van der Waals surface area contributed by atoms with E-state index in [-0.39, 0.29) is 6.54 Å². The summed E-state index contributed by atoms with van der Waals surface area (Å²) >= 11 is 0. The van der Waals surface area contributed by atoms with Crippen molar-refractivity contribution in [1.29, 1.82) is 0 Å². The molecule has 0 rings (SSSR count). The molecule has 0 aromatic heterocycles. The van der Waals surface area contributed by atoms with Crippen molar-refractivity contribution in [3.63, 3.8) is 0 Å². The summed E-state index contributed by atoms with van der Waals surface area (Å²) in [4.78, 5) is 21.6. The van der Waals surface area contributed by atoms with E-state index in [0.29, 0.717) is 12.3 Å². The van der Waals surface area contributed by atoms with E-state index in [9.17, 15) is 9.59 Å². The molecule has 0 aliphatic carbocycles. The summed E-state index contributed by atoms with van der Waals surface area (Å²) in [5, 5.41) is 11.1. The average molecular weight is 202 g/mol. The Morgan fingerprint density at radius 1 is 1.36 bits per heavy atom. The van der Waals surface area contributed by atoms with Gasteiger partial charge in [-0.25, -0.2) is 4.79 Å². The quantitative estimate of drug-likeness (QED) is 0.563. The molecule has 1 unspecified atom stereocenters. The number of carboxylic acids is 1. The highest BCUT2D eigenvalue weighted by Crippen LogP contribution is 2.06. The molecule has 0 heterocycles. The van der Waals surface area contributed by atoms with Crippen LogP contribution in [0, 0.1) is 5.92 Å². The van der Waals surface area contributed by atoms with Gasteiger partial charge in [-0.2, -0.15) is 0 Å². The van der Waals surface area contributed by atoms with E-state index in [4.69, 9.17) is 10.8 Å². The van der Waals surface area contributed by atoms with Crippen molar-refractivity contribution >= 4 is 11.9 Å². The Morgan fingerprint density at radius 2 is 1.93 bits per heavy atom. The van der Waals surface area contributed by atoms with Gasteiger partial charge in [0.05, 0.1) is 6.54 Å². The molecule has 1 amide bonds. The number of nitrogens with two attached hydrogens (primary N) is 1. The Kier molecular flexibility index (Phi) is 5.87. The SMILES string of the molecule is CC(C)CCC(NC(=O)CN)C(=O)O. The third-order valence-electron chi connectivity index (χ3n) is 1.85. The molecule has 4 N–H and O–H groups in total. The minimum absolute atomic E-state index is 0.175. The van der Waals surface area contributed by atoms with Crippen LogP contribution in [0.3, 0.4) is 0 Å². The average Bonchev–Trinajstić information content (AvgIpc) is 2.10. The monoisotopic (exact) mass is 202 g/mol. The third-order valence-corrected chi connectivity index (χ3v) is 1.85.